The highest BCUT2D eigenvalue weighted by molar-refractivity contribution is 5.72. The summed E-state index contributed by atoms with van der Waals surface area (Å²) in [6.45, 7) is 0. The van der Waals surface area contributed by atoms with Crippen molar-refractivity contribution in [3.8, 4) is 11.4 Å². The van der Waals surface area contributed by atoms with Gasteiger partial charge in [0, 0.05) is 5.56 Å². The molecule has 0 aliphatic rings. The van der Waals surface area contributed by atoms with Crippen molar-refractivity contribution in [2.24, 2.45) is 0 Å². The normalized spacial score (nSPS) is 10.7. The molecular weight excluding hydrogens is 248 g/mol. The van der Waals surface area contributed by atoms with E-state index in [1.54, 1.807) is 0 Å². The number of benzene rings is 1. The van der Waals surface area contributed by atoms with E-state index in [1.165, 1.54) is 10.8 Å². The molecule has 8 nitrogen and oxygen atoms in total. The first-order valence-corrected chi connectivity index (χ1v) is 5.37. The predicted octanol–water partition coefficient (Wildman–Crippen LogP) is 1.28. The van der Waals surface area contributed by atoms with E-state index >= 15 is 0 Å². The van der Waals surface area contributed by atoms with Crippen LogP contribution in [0.3, 0.4) is 0 Å². The predicted molar refractivity (Wildman–Crippen MR) is 67.3 cm³/mol. The Morgan fingerprint density at radius 1 is 1.26 bits per heavy atom. The maximum Gasteiger partial charge on any atom is 0.355 e. The highest BCUT2D eigenvalue weighted by atomic mass is 16.6. The Balaban J connectivity index is 2.27. The van der Waals surface area contributed by atoms with Crippen LogP contribution in [0, 0.1) is 10.1 Å². The number of rotatable bonds is 2. The van der Waals surface area contributed by atoms with Crippen LogP contribution in [0.2, 0.25) is 0 Å². The van der Waals surface area contributed by atoms with Gasteiger partial charge < -0.3 is 5.73 Å². The van der Waals surface area contributed by atoms with Crippen LogP contribution in [0.1, 0.15) is 0 Å². The van der Waals surface area contributed by atoms with Crippen molar-refractivity contribution in [1.82, 2.24) is 19.6 Å². The summed E-state index contributed by atoms with van der Waals surface area (Å²) in [7, 11) is 0. The van der Waals surface area contributed by atoms with E-state index in [-0.39, 0.29) is 17.2 Å². The second-order valence-electron chi connectivity index (χ2n) is 3.81. The van der Waals surface area contributed by atoms with Crippen LogP contribution in [0.25, 0.3) is 17.0 Å². The van der Waals surface area contributed by atoms with E-state index in [9.17, 15) is 10.1 Å². The van der Waals surface area contributed by atoms with Gasteiger partial charge in [-0.2, -0.15) is 4.52 Å². The van der Waals surface area contributed by atoms with Crippen molar-refractivity contribution in [1.29, 1.82) is 0 Å². The van der Waals surface area contributed by atoms with E-state index < -0.39 is 4.92 Å². The molecule has 94 valence electrons. The molecule has 0 spiro atoms. The second-order valence-corrected chi connectivity index (χ2v) is 3.81. The van der Waals surface area contributed by atoms with Crippen LogP contribution in [0.4, 0.5) is 11.5 Å². The van der Waals surface area contributed by atoms with Gasteiger partial charge in [0.1, 0.15) is 6.33 Å². The van der Waals surface area contributed by atoms with Gasteiger partial charge in [-0.15, -0.1) is 5.10 Å². The van der Waals surface area contributed by atoms with Gasteiger partial charge in [-0.3, -0.25) is 10.1 Å². The third-order valence-corrected chi connectivity index (χ3v) is 2.61. The first-order valence-electron chi connectivity index (χ1n) is 5.37. The molecule has 3 aromatic rings. The molecule has 8 heteroatoms. The minimum atomic E-state index is -0.610. The second kappa shape index (κ2) is 4.02. The summed E-state index contributed by atoms with van der Waals surface area (Å²) in [5.41, 5.74) is 6.01. The number of nitro groups is 1. The lowest BCUT2D eigenvalue weighted by molar-refractivity contribution is -0.382. The molecule has 0 unspecified atom stereocenters. The number of fused-ring (bicyclic) bond motifs is 1. The molecule has 0 bridgehead atoms. The Kier molecular flexibility index (Phi) is 2.34. The average Bonchev–Trinajstić information content (AvgIpc) is 2.83. The number of hydrogen-bond acceptors (Lipinski definition) is 6. The Labute approximate surface area is 106 Å². The Morgan fingerprint density at radius 3 is 2.68 bits per heavy atom. The first-order chi connectivity index (χ1) is 9.16. The summed E-state index contributed by atoms with van der Waals surface area (Å²) in [6.07, 6.45) is 1.30. The van der Waals surface area contributed by atoms with Gasteiger partial charge in [-0.1, -0.05) is 30.3 Å². The van der Waals surface area contributed by atoms with Crippen LogP contribution >= 0.6 is 0 Å². The third kappa shape index (κ3) is 1.75. The van der Waals surface area contributed by atoms with Crippen molar-refractivity contribution in [2.75, 3.05) is 5.73 Å². The Morgan fingerprint density at radius 2 is 2.00 bits per heavy atom. The number of hydrogen-bond donors (Lipinski definition) is 1. The summed E-state index contributed by atoms with van der Waals surface area (Å²) in [6, 6.07) is 9.17. The maximum atomic E-state index is 11.0. The summed E-state index contributed by atoms with van der Waals surface area (Å²) < 4.78 is 1.25. The van der Waals surface area contributed by atoms with Gasteiger partial charge in [-0.25, -0.2) is 9.97 Å². The maximum absolute atomic E-state index is 11.0. The summed E-state index contributed by atoms with van der Waals surface area (Å²) >= 11 is 0. The lowest BCUT2D eigenvalue weighted by atomic mass is 10.2. The van der Waals surface area contributed by atoms with Gasteiger partial charge in [-0.05, 0) is 0 Å². The molecule has 2 aromatic heterocycles. The molecule has 1 aromatic carbocycles. The molecule has 0 amide bonds. The number of nitrogens with zero attached hydrogens (tertiary/aromatic N) is 5. The van der Waals surface area contributed by atoms with Crippen molar-refractivity contribution in [3.63, 3.8) is 0 Å². The van der Waals surface area contributed by atoms with Gasteiger partial charge in [0.25, 0.3) is 0 Å². The molecule has 3 rings (SSSR count). The minimum Gasteiger partial charge on any atom is -0.378 e. The number of aromatic nitrogens is 4. The molecule has 0 aliphatic carbocycles. The summed E-state index contributed by atoms with van der Waals surface area (Å²) in [4.78, 5) is 18.3. The first kappa shape index (κ1) is 11.1. The largest absolute Gasteiger partial charge is 0.378 e. The van der Waals surface area contributed by atoms with Gasteiger partial charge in [0.05, 0.1) is 4.92 Å². The minimum absolute atomic E-state index is 0.0800. The van der Waals surface area contributed by atoms with E-state index in [2.05, 4.69) is 15.1 Å². The fourth-order valence-corrected chi connectivity index (χ4v) is 1.74. The quantitative estimate of drug-likeness (QED) is 0.546. The molecule has 0 aliphatic heterocycles. The summed E-state index contributed by atoms with van der Waals surface area (Å²) in [5.74, 6) is 0.209. The molecule has 0 saturated carbocycles. The van der Waals surface area contributed by atoms with Crippen LogP contribution in [0.5, 0.6) is 0 Å². The fourth-order valence-electron chi connectivity index (χ4n) is 1.74. The zero-order valence-corrected chi connectivity index (χ0v) is 9.59. The monoisotopic (exact) mass is 256 g/mol. The Hall–Kier alpha value is -3.03. The molecule has 19 heavy (non-hydrogen) atoms. The molecule has 0 radical (unpaired) electrons. The lowest BCUT2D eigenvalue weighted by Gasteiger charge is -1.95. The van der Waals surface area contributed by atoms with Crippen LogP contribution < -0.4 is 5.73 Å². The summed E-state index contributed by atoms with van der Waals surface area (Å²) in [5, 5.41) is 15.1. The molecule has 0 fully saturated rings. The van der Waals surface area contributed by atoms with Crippen LogP contribution in [-0.4, -0.2) is 24.5 Å². The number of nitrogen functional groups attached to an aromatic ring is 1. The molecule has 0 atom stereocenters. The average molecular weight is 256 g/mol. The van der Waals surface area contributed by atoms with Crippen LogP contribution in [-0.2, 0) is 0 Å². The van der Waals surface area contributed by atoms with E-state index in [4.69, 9.17) is 5.73 Å². The number of nitrogens with two attached hydrogens (primary N) is 1. The Bertz CT molecular complexity index is 767. The van der Waals surface area contributed by atoms with E-state index in [0.717, 1.165) is 5.56 Å². The third-order valence-electron chi connectivity index (χ3n) is 2.61. The SMILES string of the molecule is Nc1ncn2nc(-c3ccccc3)nc2c1[N+](=O)[O-]. The fraction of sp³-hybridized carbons (Fsp3) is 0. The van der Waals surface area contributed by atoms with Crippen LogP contribution in [0.15, 0.2) is 36.7 Å². The zero-order valence-electron chi connectivity index (χ0n) is 9.59. The molecule has 2 N–H and O–H groups in total. The van der Waals surface area contributed by atoms with Crippen molar-refractivity contribution >= 4 is 17.2 Å². The highest BCUT2D eigenvalue weighted by Gasteiger charge is 2.22. The molecule has 0 saturated heterocycles. The lowest BCUT2D eigenvalue weighted by Crippen LogP contribution is -2.02. The highest BCUT2D eigenvalue weighted by Crippen LogP contribution is 2.25. The van der Waals surface area contributed by atoms with Crippen molar-refractivity contribution in [3.05, 3.63) is 46.8 Å². The van der Waals surface area contributed by atoms with Gasteiger partial charge >= 0.3 is 5.69 Å². The molecular formula is C11H8N6O2. The smallest absolute Gasteiger partial charge is 0.355 e. The van der Waals surface area contributed by atoms with Crippen molar-refractivity contribution < 1.29 is 4.92 Å². The number of anilines is 1. The molecule has 2 heterocycles. The van der Waals surface area contributed by atoms with Gasteiger partial charge in [0.2, 0.25) is 11.5 Å². The van der Waals surface area contributed by atoms with E-state index in [0.29, 0.717) is 5.82 Å². The van der Waals surface area contributed by atoms with Crippen molar-refractivity contribution in [2.45, 2.75) is 0 Å². The zero-order chi connectivity index (χ0) is 13.4. The standard InChI is InChI=1S/C11H8N6O2/c12-9-8(17(18)19)11-14-10(15-16(11)6-13-9)7-4-2-1-3-5-7/h1-6H,12H2. The topological polar surface area (TPSA) is 112 Å². The van der Waals surface area contributed by atoms with Gasteiger partial charge in [0.15, 0.2) is 5.82 Å². The van der Waals surface area contributed by atoms with E-state index in [1.807, 2.05) is 30.3 Å².